The van der Waals surface area contributed by atoms with Crippen molar-refractivity contribution in [3.8, 4) is 12.3 Å². The molecule has 31 heavy (non-hydrogen) atoms. The number of esters is 1. The second-order valence-corrected chi connectivity index (χ2v) is 7.74. The Morgan fingerprint density at radius 2 is 2.16 bits per heavy atom. The molecule has 2 aromatic rings. The van der Waals surface area contributed by atoms with Crippen molar-refractivity contribution in [2.45, 2.75) is 76.2 Å². The van der Waals surface area contributed by atoms with E-state index in [9.17, 15) is 14.3 Å². The van der Waals surface area contributed by atoms with Crippen molar-refractivity contribution in [3.05, 3.63) is 12.4 Å². The lowest BCUT2D eigenvalue weighted by atomic mass is 9.99. The van der Waals surface area contributed by atoms with Gasteiger partial charge < -0.3 is 20.3 Å². The number of imidazole rings is 1. The number of aromatic nitrogens is 4. The predicted molar refractivity (Wildman–Crippen MR) is 111 cm³/mol. The van der Waals surface area contributed by atoms with Crippen LogP contribution in [0.2, 0.25) is 0 Å². The number of aliphatic hydroxyl groups is 1. The summed E-state index contributed by atoms with van der Waals surface area (Å²) in [5.74, 6) is 1.93. The minimum Gasteiger partial charge on any atom is -0.461 e. The Balaban J connectivity index is 1.60. The summed E-state index contributed by atoms with van der Waals surface area (Å²) in [6, 6.07) is 0. The van der Waals surface area contributed by atoms with Crippen LogP contribution in [0.5, 0.6) is 0 Å². The smallest absolute Gasteiger partial charge is 0.312 e. The first kappa shape index (κ1) is 22.9. The van der Waals surface area contributed by atoms with E-state index >= 15 is 0 Å². The Kier molecular flexibility index (Phi) is 7.41. The van der Waals surface area contributed by atoms with Gasteiger partial charge in [-0.05, 0) is 6.42 Å². The largest absolute Gasteiger partial charge is 0.461 e. The van der Waals surface area contributed by atoms with Gasteiger partial charge in [-0.1, -0.05) is 44.9 Å². The molecular formula is C21H28FN5O4. The molecule has 10 heteroatoms. The average Bonchev–Trinajstić information content (AvgIpc) is 3.30. The highest BCUT2D eigenvalue weighted by molar-refractivity contribution is 5.81. The number of anilines is 1. The molecule has 0 spiro atoms. The first-order chi connectivity index (χ1) is 14.9. The zero-order chi connectivity index (χ0) is 22.4. The van der Waals surface area contributed by atoms with Gasteiger partial charge in [-0.2, -0.15) is 14.4 Å². The fraction of sp³-hybridized carbons (Fsp3) is 0.619. The first-order valence-corrected chi connectivity index (χ1v) is 10.5. The number of ether oxygens (including phenoxy) is 2. The zero-order valence-electron chi connectivity index (χ0n) is 17.6. The van der Waals surface area contributed by atoms with Crippen LogP contribution in [-0.2, 0) is 14.3 Å². The summed E-state index contributed by atoms with van der Waals surface area (Å²) < 4.78 is 26.3. The van der Waals surface area contributed by atoms with Crippen LogP contribution >= 0.6 is 0 Å². The van der Waals surface area contributed by atoms with E-state index in [0.29, 0.717) is 0 Å². The minimum atomic E-state index is -1.52. The molecule has 1 fully saturated rings. The van der Waals surface area contributed by atoms with Gasteiger partial charge in [0.25, 0.3) is 0 Å². The average molecular weight is 433 g/mol. The van der Waals surface area contributed by atoms with Crippen LogP contribution in [0.1, 0.15) is 64.5 Å². The molecule has 0 aliphatic carbocycles. The van der Waals surface area contributed by atoms with E-state index in [1.165, 1.54) is 23.7 Å². The van der Waals surface area contributed by atoms with Gasteiger partial charge in [0.2, 0.25) is 0 Å². The quantitative estimate of drug-likeness (QED) is 0.253. The number of unbranched alkanes of at least 4 members (excludes halogenated alkanes) is 5. The van der Waals surface area contributed by atoms with Crippen molar-refractivity contribution in [3.63, 3.8) is 0 Å². The van der Waals surface area contributed by atoms with E-state index in [2.05, 4.69) is 27.8 Å². The number of nitrogens with zero attached hydrogens (tertiary/aromatic N) is 4. The molecular weight excluding hydrogens is 405 g/mol. The number of fused-ring (bicyclic) bond motifs is 1. The van der Waals surface area contributed by atoms with Gasteiger partial charge in [0.15, 0.2) is 22.6 Å². The number of carbonyl (C=O) groups excluding carboxylic acids is 1. The summed E-state index contributed by atoms with van der Waals surface area (Å²) in [6.45, 7) is 1.87. The van der Waals surface area contributed by atoms with Crippen molar-refractivity contribution in [2.75, 3.05) is 12.3 Å². The summed E-state index contributed by atoms with van der Waals surface area (Å²) in [6.07, 6.45) is 10.8. The topological polar surface area (TPSA) is 125 Å². The summed E-state index contributed by atoms with van der Waals surface area (Å²) in [5.41, 5.74) is 4.50. The normalized spacial score (nSPS) is 23.2. The van der Waals surface area contributed by atoms with Crippen LogP contribution in [-0.4, -0.2) is 48.9 Å². The number of terminal acetylenes is 1. The van der Waals surface area contributed by atoms with Gasteiger partial charge >= 0.3 is 12.0 Å². The Bertz CT molecular complexity index is 959. The van der Waals surface area contributed by atoms with Crippen LogP contribution in [0.4, 0.5) is 10.2 Å². The highest BCUT2D eigenvalue weighted by atomic mass is 19.1. The second-order valence-electron chi connectivity index (χ2n) is 7.74. The van der Waals surface area contributed by atoms with Gasteiger partial charge in [0.1, 0.15) is 18.9 Å². The Labute approximate surface area is 180 Å². The predicted octanol–water partition coefficient (Wildman–Crippen LogP) is 2.49. The number of aliphatic hydroxyl groups excluding tert-OH is 1. The maximum atomic E-state index is 13.6. The number of nitrogen functional groups attached to an aromatic ring is 1. The Morgan fingerprint density at radius 1 is 1.42 bits per heavy atom. The van der Waals surface area contributed by atoms with E-state index in [4.69, 9.17) is 21.6 Å². The maximum Gasteiger partial charge on any atom is 0.312 e. The maximum absolute atomic E-state index is 13.6. The zero-order valence-corrected chi connectivity index (χ0v) is 17.6. The van der Waals surface area contributed by atoms with E-state index in [-0.39, 0.29) is 42.4 Å². The molecule has 1 aliphatic rings. The molecule has 0 saturated carbocycles. The molecule has 9 nitrogen and oxygen atoms in total. The molecule has 1 aliphatic heterocycles. The highest BCUT2D eigenvalue weighted by Gasteiger charge is 2.49. The molecule has 0 radical (unpaired) electrons. The number of nitrogens with two attached hydrogens (primary N) is 1. The molecule has 2 aromatic heterocycles. The van der Waals surface area contributed by atoms with Crippen molar-refractivity contribution in [1.29, 1.82) is 0 Å². The van der Waals surface area contributed by atoms with E-state index in [0.717, 1.165) is 25.7 Å². The fourth-order valence-electron chi connectivity index (χ4n) is 3.65. The lowest BCUT2D eigenvalue weighted by Crippen LogP contribution is -2.43. The molecule has 3 atom stereocenters. The highest BCUT2D eigenvalue weighted by Crippen LogP contribution is 2.38. The van der Waals surface area contributed by atoms with Gasteiger partial charge in [-0.15, -0.1) is 6.42 Å². The van der Waals surface area contributed by atoms with Crippen molar-refractivity contribution in [2.24, 2.45) is 0 Å². The Hall–Kier alpha value is -2.77. The van der Waals surface area contributed by atoms with Crippen molar-refractivity contribution < 1.29 is 23.8 Å². The van der Waals surface area contributed by atoms with Crippen LogP contribution < -0.4 is 5.73 Å². The van der Waals surface area contributed by atoms with Crippen molar-refractivity contribution >= 4 is 23.0 Å². The van der Waals surface area contributed by atoms with Gasteiger partial charge in [0.05, 0.1) is 6.33 Å². The monoisotopic (exact) mass is 433 g/mol. The Morgan fingerprint density at radius 3 is 2.90 bits per heavy atom. The number of rotatable bonds is 10. The van der Waals surface area contributed by atoms with Gasteiger partial charge in [-0.3, -0.25) is 9.36 Å². The molecule has 3 heterocycles. The standard InChI is InChI=1S/C21H28FN5O4/c1-3-5-6-7-8-9-10-16(29)30-12-21(4-2)14(28)11-15(31-21)27-13-24-17-18(23)25-20(22)26-19(17)27/h2,13-15,28H,3,5-12H2,1H3,(H2,23,25,26)/t14-,15+,21?/m0/s1. The first-order valence-electron chi connectivity index (χ1n) is 10.5. The molecule has 168 valence electrons. The number of carbonyl (C=O) groups is 1. The SMILES string of the molecule is C#CC1(COC(=O)CCCCCCCC)O[C@@H](n2cnc3c(N)nc(F)nc32)C[C@@H]1O. The van der Waals surface area contributed by atoms with Crippen molar-refractivity contribution in [1.82, 2.24) is 19.5 Å². The summed E-state index contributed by atoms with van der Waals surface area (Å²) in [5, 5.41) is 10.6. The molecule has 0 amide bonds. The summed E-state index contributed by atoms with van der Waals surface area (Å²) >= 11 is 0. The van der Waals surface area contributed by atoms with E-state index < -0.39 is 24.0 Å². The molecule has 3 rings (SSSR count). The van der Waals surface area contributed by atoms with Crippen LogP contribution in [0.25, 0.3) is 11.2 Å². The summed E-state index contributed by atoms with van der Waals surface area (Å²) in [7, 11) is 0. The third-order valence-corrected chi connectivity index (χ3v) is 5.47. The molecule has 1 unspecified atom stereocenters. The third kappa shape index (κ3) is 5.11. The van der Waals surface area contributed by atoms with Crippen LogP contribution in [0, 0.1) is 18.4 Å². The molecule has 1 saturated heterocycles. The number of hydrogen-bond donors (Lipinski definition) is 2. The third-order valence-electron chi connectivity index (χ3n) is 5.47. The summed E-state index contributed by atoms with van der Waals surface area (Å²) in [4.78, 5) is 23.3. The van der Waals surface area contributed by atoms with Crippen LogP contribution in [0.3, 0.4) is 0 Å². The molecule has 3 N–H and O–H groups in total. The minimum absolute atomic E-state index is 0.0795. The number of halogens is 1. The van der Waals surface area contributed by atoms with Gasteiger partial charge in [0, 0.05) is 12.8 Å². The van der Waals surface area contributed by atoms with E-state index in [1.54, 1.807) is 0 Å². The molecule has 0 bridgehead atoms. The fourth-order valence-corrected chi connectivity index (χ4v) is 3.65. The second kappa shape index (κ2) is 10.0. The molecule has 0 aromatic carbocycles. The lowest BCUT2D eigenvalue weighted by Gasteiger charge is -2.26. The van der Waals surface area contributed by atoms with E-state index in [1.807, 2.05) is 0 Å². The van der Waals surface area contributed by atoms with Gasteiger partial charge in [-0.25, -0.2) is 4.98 Å². The number of hydrogen-bond acceptors (Lipinski definition) is 8. The lowest BCUT2D eigenvalue weighted by molar-refractivity contribution is -0.156. The van der Waals surface area contributed by atoms with Crippen LogP contribution in [0.15, 0.2) is 6.33 Å².